The predicted octanol–water partition coefficient (Wildman–Crippen LogP) is 0.0546. The minimum atomic E-state index is -0.560. The third-order valence-corrected chi connectivity index (χ3v) is 1.28. The average Bonchev–Trinajstić information content (AvgIpc) is 2.12. The molecule has 0 aromatic carbocycles. The Bertz CT molecular complexity index is 237. The number of hydrogen-bond acceptors (Lipinski definition) is 4. The van der Waals surface area contributed by atoms with E-state index in [-0.39, 0.29) is 13.0 Å². The van der Waals surface area contributed by atoms with Crippen LogP contribution in [0.3, 0.4) is 0 Å². The molecule has 70 valence electrons. The number of nitrogens with one attached hydrogen (secondary N) is 1. The number of ether oxygens (including phenoxy) is 1. The van der Waals surface area contributed by atoms with E-state index in [0.717, 1.165) is 0 Å². The number of carbonyl (C=O) groups is 1. The zero-order valence-corrected chi connectivity index (χ0v) is 7.54. The standard InChI is InChI=1S/C9H12N2O2/c1-3-5-11-8(7-10)6-9(12)13-4-2/h1,8,11H,4-6H2,2H3. The second kappa shape index (κ2) is 7.15. The molecule has 1 N–H and O–H groups in total. The predicted molar refractivity (Wildman–Crippen MR) is 47.5 cm³/mol. The lowest BCUT2D eigenvalue weighted by atomic mass is 10.2. The minimum Gasteiger partial charge on any atom is -0.466 e. The number of nitriles is 1. The van der Waals surface area contributed by atoms with Gasteiger partial charge >= 0.3 is 5.97 Å². The number of nitrogens with zero attached hydrogens (tertiary/aromatic N) is 1. The second-order valence-electron chi connectivity index (χ2n) is 2.28. The summed E-state index contributed by atoms with van der Waals surface area (Å²) in [4.78, 5) is 10.9. The maximum atomic E-state index is 10.9. The third kappa shape index (κ3) is 5.72. The molecule has 0 spiro atoms. The van der Waals surface area contributed by atoms with Crippen molar-refractivity contribution >= 4 is 5.97 Å². The first-order valence-corrected chi connectivity index (χ1v) is 3.96. The maximum Gasteiger partial charge on any atom is 0.308 e. The molecule has 4 heteroatoms. The zero-order valence-electron chi connectivity index (χ0n) is 7.54. The zero-order chi connectivity index (χ0) is 10.1. The van der Waals surface area contributed by atoms with Gasteiger partial charge in [0.05, 0.1) is 25.6 Å². The number of hydrogen-bond donors (Lipinski definition) is 1. The fourth-order valence-electron chi connectivity index (χ4n) is 0.732. The van der Waals surface area contributed by atoms with E-state index in [9.17, 15) is 4.79 Å². The summed E-state index contributed by atoms with van der Waals surface area (Å²) in [5, 5.41) is 11.3. The molecule has 0 aromatic heterocycles. The Hall–Kier alpha value is -1.52. The van der Waals surface area contributed by atoms with Crippen molar-refractivity contribution in [3.63, 3.8) is 0 Å². The molecule has 0 fully saturated rings. The first kappa shape index (κ1) is 11.5. The highest BCUT2D eigenvalue weighted by molar-refractivity contribution is 5.70. The molecule has 0 amide bonds. The van der Waals surface area contributed by atoms with Crippen LogP contribution in [0, 0.1) is 23.7 Å². The van der Waals surface area contributed by atoms with Crippen LogP contribution in [0.5, 0.6) is 0 Å². The van der Waals surface area contributed by atoms with E-state index in [4.69, 9.17) is 11.7 Å². The number of rotatable bonds is 5. The van der Waals surface area contributed by atoms with Crippen LogP contribution in [-0.2, 0) is 9.53 Å². The van der Waals surface area contributed by atoms with Gasteiger partial charge in [-0.2, -0.15) is 5.26 Å². The van der Waals surface area contributed by atoms with E-state index in [1.807, 2.05) is 6.07 Å². The van der Waals surface area contributed by atoms with Gasteiger partial charge in [0.2, 0.25) is 0 Å². The molecular weight excluding hydrogens is 168 g/mol. The highest BCUT2D eigenvalue weighted by Gasteiger charge is 2.12. The van der Waals surface area contributed by atoms with Gasteiger partial charge < -0.3 is 4.74 Å². The third-order valence-electron chi connectivity index (χ3n) is 1.28. The van der Waals surface area contributed by atoms with Gasteiger partial charge in [-0.15, -0.1) is 6.42 Å². The van der Waals surface area contributed by atoms with Crippen molar-refractivity contribution < 1.29 is 9.53 Å². The molecule has 13 heavy (non-hydrogen) atoms. The molecule has 0 heterocycles. The summed E-state index contributed by atoms with van der Waals surface area (Å²) in [6.45, 7) is 2.32. The van der Waals surface area contributed by atoms with Crippen molar-refractivity contribution in [1.82, 2.24) is 5.32 Å². The summed E-state index contributed by atoms with van der Waals surface area (Å²) in [5.74, 6) is 1.93. The van der Waals surface area contributed by atoms with Gasteiger partial charge in [-0.3, -0.25) is 10.1 Å². The summed E-state index contributed by atoms with van der Waals surface area (Å²) in [6.07, 6.45) is 5.02. The number of esters is 1. The van der Waals surface area contributed by atoms with Gasteiger partial charge in [0, 0.05) is 0 Å². The van der Waals surface area contributed by atoms with Gasteiger partial charge in [-0.25, -0.2) is 0 Å². The Balaban J connectivity index is 3.79. The SMILES string of the molecule is C#CCNC(C#N)CC(=O)OCC. The topological polar surface area (TPSA) is 62.1 Å². The fourth-order valence-corrected chi connectivity index (χ4v) is 0.732. The van der Waals surface area contributed by atoms with E-state index in [0.29, 0.717) is 6.61 Å². The van der Waals surface area contributed by atoms with Crippen LogP contribution >= 0.6 is 0 Å². The van der Waals surface area contributed by atoms with Gasteiger partial charge in [0.25, 0.3) is 0 Å². The van der Waals surface area contributed by atoms with Crippen LogP contribution in [0.25, 0.3) is 0 Å². The van der Waals surface area contributed by atoms with E-state index in [2.05, 4.69) is 16.0 Å². The number of carbonyl (C=O) groups excluding carboxylic acids is 1. The first-order chi connectivity index (χ1) is 6.24. The Morgan fingerprint density at radius 2 is 2.46 bits per heavy atom. The van der Waals surface area contributed by atoms with Crippen LogP contribution in [0.15, 0.2) is 0 Å². The van der Waals surface area contributed by atoms with Crippen LogP contribution in [-0.4, -0.2) is 25.2 Å². The quantitative estimate of drug-likeness (QED) is 0.480. The lowest BCUT2D eigenvalue weighted by molar-refractivity contribution is -0.143. The van der Waals surface area contributed by atoms with Gasteiger partial charge in [-0.05, 0) is 6.92 Å². The lowest BCUT2D eigenvalue weighted by Crippen LogP contribution is -2.30. The van der Waals surface area contributed by atoms with Crippen LogP contribution in [0.4, 0.5) is 0 Å². The summed E-state index contributed by atoms with van der Waals surface area (Å²) in [7, 11) is 0. The molecule has 0 aliphatic carbocycles. The van der Waals surface area contributed by atoms with E-state index < -0.39 is 12.0 Å². The van der Waals surface area contributed by atoms with E-state index in [1.165, 1.54) is 0 Å². The maximum absolute atomic E-state index is 10.9. The van der Waals surface area contributed by atoms with Crippen molar-refractivity contribution in [3.05, 3.63) is 0 Å². The van der Waals surface area contributed by atoms with Crippen molar-refractivity contribution in [1.29, 1.82) is 5.26 Å². The highest BCUT2D eigenvalue weighted by atomic mass is 16.5. The molecule has 1 unspecified atom stereocenters. The molecule has 0 aromatic rings. The van der Waals surface area contributed by atoms with Crippen LogP contribution in [0.1, 0.15) is 13.3 Å². The second-order valence-corrected chi connectivity index (χ2v) is 2.28. The molecule has 0 aliphatic heterocycles. The smallest absolute Gasteiger partial charge is 0.308 e. The molecule has 0 aliphatic rings. The molecule has 0 saturated carbocycles. The molecular formula is C9H12N2O2. The van der Waals surface area contributed by atoms with E-state index >= 15 is 0 Å². The summed E-state index contributed by atoms with van der Waals surface area (Å²) < 4.78 is 4.67. The highest BCUT2D eigenvalue weighted by Crippen LogP contribution is 1.93. The molecule has 0 bridgehead atoms. The minimum absolute atomic E-state index is 0.0337. The fraction of sp³-hybridized carbons (Fsp3) is 0.556. The Morgan fingerprint density at radius 3 is 2.92 bits per heavy atom. The normalized spacial score (nSPS) is 11.0. The summed E-state index contributed by atoms with van der Waals surface area (Å²) in [5.41, 5.74) is 0. The van der Waals surface area contributed by atoms with Crippen LogP contribution < -0.4 is 5.32 Å². The van der Waals surface area contributed by atoms with Crippen molar-refractivity contribution in [2.24, 2.45) is 0 Å². The molecule has 0 radical (unpaired) electrons. The van der Waals surface area contributed by atoms with Crippen molar-refractivity contribution in [2.45, 2.75) is 19.4 Å². The monoisotopic (exact) mass is 180 g/mol. The van der Waals surface area contributed by atoms with Crippen molar-refractivity contribution in [3.8, 4) is 18.4 Å². The number of terminal acetylenes is 1. The average molecular weight is 180 g/mol. The summed E-state index contributed by atoms with van der Waals surface area (Å²) >= 11 is 0. The largest absolute Gasteiger partial charge is 0.466 e. The van der Waals surface area contributed by atoms with E-state index in [1.54, 1.807) is 6.92 Å². The Kier molecular flexibility index (Phi) is 6.31. The summed E-state index contributed by atoms with van der Waals surface area (Å²) in [6, 6.07) is 1.36. The van der Waals surface area contributed by atoms with Gasteiger partial charge in [0.15, 0.2) is 0 Å². The van der Waals surface area contributed by atoms with Crippen LogP contribution in [0.2, 0.25) is 0 Å². The van der Waals surface area contributed by atoms with Gasteiger partial charge in [0.1, 0.15) is 6.04 Å². The van der Waals surface area contributed by atoms with Crippen molar-refractivity contribution in [2.75, 3.05) is 13.2 Å². The Morgan fingerprint density at radius 1 is 1.77 bits per heavy atom. The molecule has 0 rings (SSSR count). The molecule has 1 atom stereocenters. The molecule has 0 saturated heterocycles. The lowest BCUT2D eigenvalue weighted by Gasteiger charge is -2.07. The van der Waals surface area contributed by atoms with Gasteiger partial charge in [-0.1, -0.05) is 5.92 Å². The first-order valence-electron chi connectivity index (χ1n) is 3.96. The molecule has 4 nitrogen and oxygen atoms in total. The Labute approximate surface area is 77.9 Å².